The van der Waals surface area contributed by atoms with E-state index in [0.29, 0.717) is 13.0 Å². The van der Waals surface area contributed by atoms with Gasteiger partial charge in [-0.25, -0.2) is 0 Å². The van der Waals surface area contributed by atoms with Crippen molar-refractivity contribution in [2.75, 3.05) is 33.8 Å². The average molecular weight is 268 g/mol. The summed E-state index contributed by atoms with van der Waals surface area (Å²) < 4.78 is 42.5. The highest BCUT2D eigenvalue weighted by Gasteiger charge is 2.42. The molecule has 106 valence electrons. The molecule has 0 saturated carbocycles. The average Bonchev–Trinajstić information content (AvgIpc) is 2.34. The molecule has 18 heavy (non-hydrogen) atoms. The van der Waals surface area contributed by atoms with Gasteiger partial charge in [0, 0.05) is 13.1 Å². The van der Waals surface area contributed by atoms with Crippen molar-refractivity contribution >= 4 is 5.97 Å². The van der Waals surface area contributed by atoms with Gasteiger partial charge in [-0.2, -0.15) is 13.2 Å². The Morgan fingerprint density at radius 1 is 1.56 bits per heavy atom. The van der Waals surface area contributed by atoms with Gasteiger partial charge in [0.1, 0.15) is 6.04 Å². The van der Waals surface area contributed by atoms with Crippen LogP contribution in [-0.4, -0.2) is 56.9 Å². The summed E-state index contributed by atoms with van der Waals surface area (Å²) in [5, 5.41) is 2.76. The molecule has 0 aromatic heterocycles. The molecule has 0 aromatic carbocycles. The van der Waals surface area contributed by atoms with Crippen LogP contribution in [-0.2, 0) is 9.53 Å². The first-order valence-corrected chi connectivity index (χ1v) is 5.92. The van der Waals surface area contributed by atoms with Crippen molar-refractivity contribution in [2.45, 2.75) is 25.1 Å². The number of halogens is 3. The number of rotatable bonds is 4. The molecular formula is C11H19F3N2O2. The first kappa shape index (κ1) is 15.2. The highest BCUT2D eigenvalue weighted by molar-refractivity contribution is 5.75. The molecule has 0 amide bonds. The van der Waals surface area contributed by atoms with Gasteiger partial charge in [0.15, 0.2) is 0 Å². The molecular weight excluding hydrogens is 249 g/mol. The molecule has 0 radical (unpaired) electrons. The number of carbonyl (C=O) groups is 1. The molecule has 1 saturated heterocycles. The highest BCUT2D eigenvalue weighted by atomic mass is 19.4. The molecule has 0 bridgehead atoms. The normalized spacial score (nSPS) is 23.7. The van der Waals surface area contributed by atoms with Gasteiger partial charge in [-0.3, -0.25) is 4.79 Å². The fourth-order valence-corrected chi connectivity index (χ4v) is 2.17. The number of methoxy groups -OCH3 is 1. The van der Waals surface area contributed by atoms with Gasteiger partial charge in [-0.1, -0.05) is 0 Å². The number of nitrogens with zero attached hydrogens (tertiary/aromatic N) is 1. The summed E-state index contributed by atoms with van der Waals surface area (Å²) in [5.41, 5.74) is 0. The molecule has 1 fully saturated rings. The van der Waals surface area contributed by atoms with Crippen LogP contribution in [0.2, 0.25) is 0 Å². The first-order chi connectivity index (χ1) is 8.38. The second-order valence-electron chi connectivity index (χ2n) is 4.50. The van der Waals surface area contributed by atoms with E-state index in [1.165, 1.54) is 7.11 Å². The third-order valence-corrected chi connectivity index (χ3v) is 3.24. The molecule has 0 spiro atoms. The fourth-order valence-electron chi connectivity index (χ4n) is 2.17. The second kappa shape index (κ2) is 6.38. The van der Waals surface area contributed by atoms with Gasteiger partial charge in [-0.05, 0) is 26.4 Å². The number of alkyl halides is 3. The number of esters is 1. The highest BCUT2D eigenvalue weighted by Crippen LogP contribution is 2.33. The lowest BCUT2D eigenvalue weighted by Gasteiger charge is -2.35. The summed E-state index contributed by atoms with van der Waals surface area (Å²) in [6.07, 6.45) is -3.48. The monoisotopic (exact) mass is 268 g/mol. The van der Waals surface area contributed by atoms with Crippen molar-refractivity contribution in [3.05, 3.63) is 0 Å². The molecule has 4 nitrogen and oxygen atoms in total. The second-order valence-corrected chi connectivity index (χ2v) is 4.50. The summed E-state index contributed by atoms with van der Waals surface area (Å²) >= 11 is 0. The van der Waals surface area contributed by atoms with Crippen molar-refractivity contribution < 1.29 is 22.7 Å². The van der Waals surface area contributed by atoms with Crippen molar-refractivity contribution in [3.8, 4) is 0 Å². The summed E-state index contributed by atoms with van der Waals surface area (Å²) in [6, 6.07) is -0.581. The lowest BCUT2D eigenvalue weighted by molar-refractivity contribution is -0.187. The summed E-state index contributed by atoms with van der Waals surface area (Å²) in [4.78, 5) is 13.0. The predicted octanol–water partition coefficient (Wildman–Crippen LogP) is 1.02. The van der Waals surface area contributed by atoms with Crippen LogP contribution in [0.3, 0.4) is 0 Å². The van der Waals surface area contributed by atoms with E-state index in [0.717, 1.165) is 0 Å². The van der Waals surface area contributed by atoms with Crippen molar-refractivity contribution in [1.29, 1.82) is 0 Å². The third-order valence-electron chi connectivity index (χ3n) is 3.24. The Morgan fingerprint density at radius 3 is 2.72 bits per heavy atom. The Balaban J connectivity index is 2.54. The number of hydrogen-bond acceptors (Lipinski definition) is 4. The van der Waals surface area contributed by atoms with E-state index in [-0.39, 0.29) is 19.5 Å². The zero-order valence-corrected chi connectivity index (χ0v) is 10.6. The summed E-state index contributed by atoms with van der Waals surface area (Å²) in [7, 11) is 2.86. The third kappa shape index (κ3) is 4.13. The zero-order chi connectivity index (χ0) is 13.8. The van der Waals surface area contributed by atoms with Crippen LogP contribution in [0.15, 0.2) is 0 Å². The van der Waals surface area contributed by atoms with Crippen LogP contribution in [0.4, 0.5) is 13.2 Å². The Kier molecular flexibility index (Phi) is 5.40. The van der Waals surface area contributed by atoms with Gasteiger partial charge in [-0.15, -0.1) is 0 Å². The predicted molar refractivity (Wildman–Crippen MR) is 60.1 cm³/mol. The molecule has 2 unspecified atom stereocenters. The quantitative estimate of drug-likeness (QED) is 0.773. The SMILES string of the molecule is CNC(CN1CCCC(C(F)(F)F)C1)C(=O)OC. The minimum Gasteiger partial charge on any atom is -0.468 e. The number of likely N-dealkylation sites (N-methyl/N-ethyl adjacent to an activating group) is 1. The van der Waals surface area contributed by atoms with E-state index in [2.05, 4.69) is 10.1 Å². The molecule has 1 aliphatic rings. The first-order valence-electron chi connectivity index (χ1n) is 5.92. The number of likely N-dealkylation sites (tertiary alicyclic amines) is 1. The summed E-state index contributed by atoms with van der Waals surface area (Å²) in [6.45, 7) is 0.788. The minimum absolute atomic E-state index is 0.0430. The molecule has 2 atom stereocenters. The smallest absolute Gasteiger partial charge is 0.393 e. The molecule has 1 aliphatic heterocycles. The van der Waals surface area contributed by atoms with Crippen LogP contribution in [0.5, 0.6) is 0 Å². The van der Waals surface area contributed by atoms with E-state index >= 15 is 0 Å². The van der Waals surface area contributed by atoms with Gasteiger partial charge < -0.3 is 15.0 Å². The zero-order valence-electron chi connectivity index (χ0n) is 10.6. The number of hydrogen-bond donors (Lipinski definition) is 1. The Labute approximate surface area is 104 Å². The topological polar surface area (TPSA) is 41.6 Å². The van der Waals surface area contributed by atoms with E-state index in [4.69, 9.17) is 0 Å². The van der Waals surface area contributed by atoms with Crippen LogP contribution in [0.1, 0.15) is 12.8 Å². The van der Waals surface area contributed by atoms with Gasteiger partial charge >= 0.3 is 12.1 Å². The minimum atomic E-state index is -4.15. The van der Waals surface area contributed by atoms with E-state index < -0.39 is 24.1 Å². The number of ether oxygens (including phenoxy) is 1. The molecule has 0 aromatic rings. The van der Waals surface area contributed by atoms with Crippen LogP contribution >= 0.6 is 0 Å². The van der Waals surface area contributed by atoms with Crippen molar-refractivity contribution in [1.82, 2.24) is 10.2 Å². The number of nitrogens with one attached hydrogen (secondary N) is 1. The fraction of sp³-hybridized carbons (Fsp3) is 0.909. The molecule has 7 heteroatoms. The van der Waals surface area contributed by atoms with Gasteiger partial charge in [0.2, 0.25) is 0 Å². The Morgan fingerprint density at radius 2 is 2.22 bits per heavy atom. The van der Waals surface area contributed by atoms with E-state index in [1.54, 1.807) is 11.9 Å². The lowest BCUT2D eigenvalue weighted by Crippen LogP contribution is -2.50. The van der Waals surface area contributed by atoms with Crippen molar-refractivity contribution in [2.24, 2.45) is 5.92 Å². The molecule has 1 heterocycles. The Hall–Kier alpha value is -0.820. The maximum absolute atomic E-state index is 12.6. The van der Waals surface area contributed by atoms with Crippen LogP contribution < -0.4 is 5.32 Å². The maximum Gasteiger partial charge on any atom is 0.393 e. The largest absolute Gasteiger partial charge is 0.468 e. The summed E-state index contributed by atoms with van der Waals surface area (Å²) in [5.74, 6) is -1.74. The molecule has 1 N–H and O–H groups in total. The standard InChI is InChI=1S/C11H19F3N2O2/c1-15-9(10(17)18-2)7-16-5-3-4-8(6-16)11(12,13)14/h8-9,15H,3-7H2,1-2H3. The number of piperidine rings is 1. The number of carbonyl (C=O) groups excluding carboxylic acids is 1. The molecule has 1 rings (SSSR count). The maximum atomic E-state index is 12.6. The van der Waals surface area contributed by atoms with Crippen molar-refractivity contribution in [3.63, 3.8) is 0 Å². The van der Waals surface area contributed by atoms with Crippen LogP contribution in [0, 0.1) is 5.92 Å². The van der Waals surface area contributed by atoms with E-state index in [9.17, 15) is 18.0 Å². The van der Waals surface area contributed by atoms with E-state index in [1.807, 2.05) is 0 Å². The Bertz CT molecular complexity index is 284. The lowest BCUT2D eigenvalue weighted by atomic mass is 9.97. The van der Waals surface area contributed by atoms with Gasteiger partial charge in [0.05, 0.1) is 13.0 Å². The van der Waals surface area contributed by atoms with Gasteiger partial charge in [0.25, 0.3) is 0 Å². The molecule has 0 aliphatic carbocycles. The van der Waals surface area contributed by atoms with Crippen LogP contribution in [0.25, 0.3) is 0 Å².